The van der Waals surface area contributed by atoms with E-state index in [2.05, 4.69) is 5.32 Å². The number of rotatable bonds is 7. The summed E-state index contributed by atoms with van der Waals surface area (Å²) in [6, 6.07) is 13.2. The Hall–Kier alpha value is -1.76. The Kier molecular flexibility index (Phi) is 6.92. The zero-order chi connectivity index (χ0) is 19.3. The fourth-order valence-electron chi connectivity index (χ4n) is 2.55. The van der Waals surface area contributed by atoms with Crippen LogP contribution in [0.4, 0.5) is 5.69 Å². The lowest BCUT2D eigenvalue weighted by atomic mass is 10.1. The van der Waals surface area contributed by atoms with Crippen LogP contribution in [-0.4, -0.2) is 33.2 Å². The van der Waals surface area contributed by atoms with Gasteiger partial charge in [0.25, 0.3) is 0 Å². The number of hydrogen-bond donors (Lipinski definition) is 1. The van der Waals surface area contributed by atoms with Crippen molar-refractivity contribution >= 4 is 44.8 Å². The molecule has 0 spiro atoms. The topological polar surface area (TPSA) is 66.5 Å². The molecule has 1 amide bonds. The van der Waals surface area contributed by atoms with Gasteiger partial charge in [-0.15, -0.1) is 0 Å². The summed E-state index contributed by atoms with van der Waals surface area (Å²) in [5, 5.41) is 3.30. The molecule has 1 atom stereocenters. The van der Waals surface area contributed by atoms with Crippen LogP contribution >= 0.6 is 23.2 Å². The second kappa shape index (κ2) is 8.75. The summed E-state index contributed by atoms with van der Waals surface area (Å²) in [6.45, 7) is 1.94. The van der Waals surface area contributed by atoms with Crippen LogP contribution in [-0.2, 0) is 21.2 Å². The minimum atomic E-state index is -3.70. The lowest BCUT2D eigenvalue weighted by Gasteiger charge is -2.28. The minimum Gasteiger partial charge on any atom is -0.354 e. The van der Waals surface area contributed by atoms with Gasteiger partial charge >= 0.3 is 0 Å². The van der Waals surface area contributed by atoms with Gasteiger partial charge < -0.3 is 5.32 Å². The van der Waals surface area contributed by atoms with Gasteiger partial charge in [-0.25, -0.2) is 8.42 Å². The first-order chi connectivity index (χ1) is 12.2. The van der Waals surface area contributed by atoms with Crippen molar-refractivity contribution in [2.75, 3.05) is 17.1 Å². The van der Waals surface area contributed by atoms with Crippen LogP contribution in [0.2, 0.25) is 10.0 Å². The molecule has 8 heteroatoms. The van der Waals surface area contributed by atoms with E-state index >= 15 is 0 Å². The number of halogens is 2. The largest absolute Gasteiger partial charge is 0.354 e. The van der Waals surface area contributed by atoms with Gasteiger partial charge in [0, 0.05) is 6.54 Å². The molecule has 0 aliphatic heterocycles. The van der Waals surface area contributed by atoms with E-state index in [0.717, 1.165) is 16.1 Å². The Balaban J connectivity index is 2.12. The number of nitrogens with zero attached hydrogens (tertiary/aromatic N) is 1. The summed E-state index contributed by atoms with van der Waals surface area (Å²) < 4.78 is 25.5. The molecular formula is C18H20Cl2N2O3S. The van der Waals surface area contributed by atoms with Crippen LogP contribution in [0, 0.1) is 0 Å². The van der Waals surface area contributed by atoms with Crippen LogP contribution in [0.1, 0.15) is 12.5 Å². The van der Waals surface area contributed by atoms with E-state index < -0.39 is 22.0 Å². The average Bonchev–Trinajstić information content (AvgIpc) is 2.58. The van der Waals surface area contributed by atoms with Crippen molar-refractivity contribution in [3.05, 3.63) is 64.1 Å². The van der Waals surface area contributed by atoms with Crippen molar-refractivity contribution in [2.45, 2.75) is 19.4 Å². The molecule has 0 unspecified atom stereocenters. The fraction of sp³-hybridized carbons (Fsp3) is 0.278. The Bertz CT molecular complexity index is 873. The highest BCUT2D eigenvalue weighted by atomic mass is 35.5. The number of anilines is 1. The molecule has 0 radical (unpaired) electrons. The highest BCUT2D eigenvalue weighted by Crippen LogP contribution is 2.29. The molecule has 2 aromatic rings. The van der Waals surface area contributed by atoms with Crippen LogP contribution in [0.25, 0.3) is 0 Å². The van der Waals surface area contributed by atoms with Crippen LogP contribution in [0.3, 0.4) is 0 Å². The third-order valence-electron chi connectivity index (χ3n) is 3.80. The second-order valence-corrected chi connectivity index (χ2v) is 8.53. The van der Waals surface area contributed by atoms with E-state index in [9.17, 15) is 13.2 Å². The van der Waals surface area contributed by atoms with Gasteiger partial charge in [-0.05, 0) is 37.1 Å². The molecule has 5 nitrogen and oxygen atoms in total. The van der Waals surface area contributed by atoms with E-state index in [1.807, 2.05) is 30.3 Å². The molecule has 140 valence electrons. The molecule has 26 heavy (non-hydrogen) atoms. The molecule has 0 heterocycles. The fourth-order valence-corrected chi connectivity index (χ4v) is 4.01. The van der Waals surface area contributed by atoms with Gasteiger partial charge in [-0.1, -0.05) is 53.5 Å². The number of carbonyl (C=O) groups excluding carboxylic acids is 1. The molecule has 0 saturated carbocycles. The van der Waals surface area contributed by atoms with E-state index in [-0.39, 0.29) is 10.7 Å². The molecule has 2 rings (SSSR count). The van der Waals surface area contributed by atoms with E-state index in [1.54, 1.807) is 0 Å². The van der Waals surface area contributed by atoms with Crippen molar-refractivity contribution in [3.8, 4) is 0 Å². The van der Waals surface area contributed by atoms with Crippen molar-refractivity contribution in [3.63, 3.8) is 0 Å². The monoisotopic (exact) mass is 414 g/mol. The van der Waals surface area contributed by atoms with Crippen molar-refractivity contribution < 1.29 is 13.2 Å². The smallest absolute Gasteiger partial charge is 0.243 e. The summed E-state index contributed by atoms with van der Waals surface area (Å²) in [6.07, 6.45) is 1.70. The number of sulfonamides is 1. The summed E-state index contributed by atoms with van der Waals surface area (Å²) >= 11 is 11.9. The summed E-state index contributed by atoms with van der Waals surface area (Å²) in [5.41, 5.74) is 1.37. The third kappa shape index (κ3) is 5.37. The van der Waals surface area contributed by atoms with Crippen molar-refractivity contribution in [1.82, 2.24) is 5.32 Å². The summed E-state index contributed by atoms with van der Waals surface area (Å²) in [5.74, 6) is -0.391. The molecule has 2 aromatic carbocycles. The third-order valence-corrected chi connectivity index (χ3v) is 5.78. The highest BCUT2D eigenvalue weighted by molar-refractivity contribution is 7.92. The van der Waals surface area contributed by atoms with Gasteiger partial charge in [0.2, 0.25) is 15.9 Å². The Morgan fingerprint density at radius 3 is 2.35 bits per heavy atom. The predicted octanol–water partition coefficient (Wildman–Crippen LogP) is 3.51. The predicted molar refractivity (Wildman–Crippen MR) is 106 cm³/mol. The first-order valence-corrected chi connectivity index (χ1v) is 10.6. The highest BCUT2D eigenvalue weighted by Gasteiger charge is 2.29. The normalized spacial score (nSPS) is 12.5. The number of nitrogens with one attached hydrogen (secondary N) is 1. The molecular weight excluding hydrogens is 395 g/mol. The molecule has 0 saturated heterocycles. The van der Waals surface area contributed by atoms with Crippen molar-refractivity contribution in [1.29, 1.82) is 0 Å². The maximum atomic E-state index is 12.5. The lowest BCUT2D eigenvalue weighted by molar-refractivity contribution is -0.121. The summed E-state index contributed by atoms with van der Waals surface area (Å²) in [7, 11) is -3.70. The van der Waals surface area contributed by atoms with Crippen molar-refractivity contribution in [2.24, 2.45) is 0 Å². The zero-order valence-electron chi connectivity index (χ0n) is 14.4. The zero-order valence-corrected chi connectivity index (χ0v) is 16.8. The first-order valence-electron chi connectivity index (χ1n) is 7.96. The van der Waals surface area contributed by atoms with Gasteiger partial charge in [0.15, 0.2) is 0 Å². The second-order valence-electron chi connectivity index (χ2n) is 5.86. The summed E-state index contributed by atoms with van der Waals surface area (Å²) in [4.78, 5) is 12.5. The Morgan fingerprint density at radius 1 is 1.12 bits per heavy atom. The standard InChI is InChI=1S/C18H20Cl2N2O3S/c1-13(18(23)21-11-10-14-6-4-3-5-7-14)22(26(2,24)25)15-8-9-16(19)17(20)12-15/h3-9,12-13H,10-11H2,1-2H3,(H,21,23)/t13-/m0/s1. The Morgan fingerprint density at radius 2 is 1.77 bits per heavy atom. The molecule has 0 aromatic heterocycles. The van der Waals surface area contributed by atoms with Crippen LogP contribution < -0.4 is 9.62 Å². The first kappa shape index (κ1) is 20.6. The molecule has 0 aliphatic rings. The number of benzene rings is 2. The quantitative estimate of drug-likeness (QED) is 0.753. The van der Waals surface area contributed by atoms with Gasteiger partial charge in [-0.2, -0.15) is 0 Å². The van der Waals surface area contributed by atoms with Crippen LogP contribution in [0.15, 0.2) is 48.5 Å². The minimum absolute atomic E-state index is 0.217. The molecule has 1 N–H and O–H groups in total. The van der Waals surface area contributed by atoms with E-state index in [1.165, 1.54) is 25.1 Å². The van der Waals surface area contributed by atoms with Gasteiger partial charge in [-0.3, -0.25) is 9.10 Å². The average molecular weight is 415 g/mol. The molecule has 0 aliphatic carbocycles. The van der Waals surface area contributed by atoms with Crippen LogP contribution in [0.5, 0.6) is 0 Å². The van der Waals surface area contributed by atoms with Gasteiger partial charge in [0.1, 0.15) is 6.04 Å². The number of amides is 1. The van der Waals surface area contributed by atoms with E-state index in [4.69, 9.17) is 23.2 Å². The van der Waals surface area contributed by atoms with E-state index in [0.29, 0.717) is 18.0 Å². The molecule has 0 fully saturated rings. The van der Waals surface area contributed by atoms with Gasteiger partial charge in [0.05, 0.1) is 22.0 Å². The molecule has 0 bridgehead atoms. The SMILES string of the molecule is C[C@@H](C(=O)NCCc1ccccc1)N(c1ccc(Cl)c(Cl)c1)S(C)(=O)=O. The lowest BCUT2D eigenvalue weighted by Crippen LogP contribution is -2.48. The maximum Gasteiger partial charge on any atom is 0.243 e. The maximum absolute atomic E-state index is 12.5. The Labute approximate surface area is 164 Å². The number of carbonyl (C=O) groups is 1. The number of hydrogen-bond acceptors (Lipinski definition) is 3.